The molecule has 1 aliphatic heterocycles. The van der Waals surface area contributed by atoms with Gasteiger partial charge >= 0.3 is 0 Å². The van der Waals surface area contributed by atoms with Gasteiger partial charge < -0.3 is 4.74 Å². The van der Waals surface area contributed by atoms with E-state index in [0.29, 0.717) is 18.8 Å². The summed E-state index contributed by atoms with van der Waals surface area (Å²) in [5.41, 5.74) is 0.482. The minimum atomic E-state index is -0.0127. The summed E-state index contributed by atoms with van der Waals surface area (Å²) in [6.07, 6.45) is 0.762. The molecule has 1 nitrogen and oxygen atoms in total. The number of hydrogen-bond donors (Lipinski definition) is 0. The van der Waals surface area contributed by atoms with Crippen LogP contribution in [0.25, 0.3) is 0 Å². The zero-order valence-electron chi connectivity index (χ0n) is 10.5. The average molecular weight is 231 g/mol. The maximum absolute atomic E-state index is 7.86. The summed E-state index contributed by atoms with van der Waals surface area (Å²) in [7, 11) is 0. The van der Waals surface area contributed by atoms with Crippen LogP contribution in [0.1, 0.15) is 23.4 Å². The Labute approximate surface area is 86.5 Å². The van der Waals surface area contributed by atoms with E-state index in [2.05, 4.69) is 15.9 Å². The molecule has 0 aliphatic carbocycles. The summed E-state index contributed by atoms with van der Waals surface area (Å²) in [5, 5.41) is 0. The maximum Gasteiger partial charge on any atom is 0.0635 e. The van der Waals surface area contributed by atoms with Crippen molar-refractivity contribution in [3.63, 3.8) is 0 Å². The second kappa shape index (κ2) is 3.58. The van der Waals surface area contributed by atoms with Gasteiger partial charge in [-0.15, -0.1) is 0 Å². The summed E-state index contributed by atoms with van der Waals surface area (Å²) in [4.78, 5) is 0. The molecule has 0 radical (unpaired) electrons. The monoisotopic (exact) mass is 230 g/mol. The van der Waals surface area contributed by atoms with Crippen LogP contribution in [0.3, 0.4) is 0 Å². The van der Waals surface area contributed by atoms with E-state index in [1.54, 1.807) is 0 Å². The third-order valence-electron chi connectivity index (χ3n) is 1.95. The van der Waals surface area contributed by atoms with Gasteiger partial charge in [0.1, 0.15) is 0 Å². The number of halogens is 1. The molecule has 2 rings (SSSR count). The van der Waals surface area contributed by atoms with Crippen molar-refractivity contribution in [3.8, 4) is 0 Å². The van der Waals surface area contributed by atoms with Gasteiger partial charge in [0.2, 0.25) is 0 Å². The van der Waals surface area contributed by atoms with E-state index in [-0.39, 0.29) is 34.6 Å². The van der Waals surface area contributed by atoms with Gasteiger partial charge in [0, 0.05) is 17.0 Å². The SMILES string of the molecule is [2H]c1c([2H])c(C2CCOC2)c([2H])c([2H])c1Br. The highest BCUT2D eigenvalue weighted by atomic mass is 79.9. The lowest BCUT2D eigenvalue weighted by molar-refractivity contribution is 0.194. The third kappa shape index (κ3) is 1.70. The molecule has 0 N–H and O–H groups in total. The summed E-state index contributed by atoms with van der Waals surface area (Å²) < 4.78 is 36.6. The van der Waals surface area contributed by atoms with E-state index < -0.39 is 0 Å². The van der Waals surface area contributed by atoms with Gasteiger partial charge in [-0.25, -0.2) is 0 Å². The molecular formula is C10H11BrO. The Hall–Kier alpha value is -0.340. The summed E-state index contributed by atoms with van der Waals surface area (Å²) in [5.74, 6) is -0.0127. The molecule has 1 saturated heterocycles. The molecule has 1 aliphatic rings. The van der Waals surface area contributed by atoms with Crippen LogP contribution in [0.5, 0.6) is 0 Å². The first-order valence-electron chi connectivity index (χ1n) is 5.87. The number of ether oxygens (including phenoxy) is 1. The van der Waals surface area contributed by atoms with Crippen molar-refractivity contribution in [1.29, 1.82) is 0 Å². The smallest absolute Gasteiger partial charge is 0.0635 e. The number of benzene rings is 1. The average Bonchev–Trinajstić information content (AvgIpc) is 2.77. The van der Waals surface area contributed by atoms with Gasteiger partial charge in [-0.3, -0.25) is 0 Å². The third-order valence-corrected chi connectivity index (χ3v) is 2.35. The molecule has 1 atom stereocenters. The second-order valence-corrected chi connectivity index (χ2v) is 3.58. The Morgan fingerprint density at radius 1 is 1.42 bits per heavy atom. The molecule has 0 saturated carbocycles. The van der Waals surface area contributed by atoms with Crippen molar-refractivity contribution in [2.75, 3.05) is 13.2 Å². The van der Waals surface area contributed by atoms with Gasteiger partial charge in [-0.2, -0.15) is 0 Å². The Kier molecular flexibility index (Phi) is 1.43. The van der Waals surface area contributed by atoms with Crippen molar-refractivity contribution in [2.45, 2.75) is 12.3 Å². The van der Waals surface area contributed by atoms with Gasteiger partial charge in [-0.05, 0) is 24.1 Å². The van der Waals surface area contributed by atoms with Crippen LogP contribution in [0, 0.1) is 0 Å². The van der Waals surface area contributed by atoms with Gasteiger partial charge in [-0.1, -0.05) is 28.0 Å². The molecule has 64 valence electrons. The van der Waals surface area contributed by atoms with Gasteiger partial charge in [0.05, 0.1) is 12.1 Å². The Balaban J connectivity index is 2.59. The van der Waals surface area contributed by atoms with E-state index in [4.69, 9.17) is 10.2 Å². The first-order valence-corrected chi connectivity index (χ1v) is 4.66. The minimum absolute atomic E-state index is 0.0112. The van der Waals surface area contributed by atoms with Crippen molar-refractivity contribution in [1.82, 2.24) is 0 Å². The molecule has 1 aromatic carbocycles. The van der Waals surface area contributed by atoms with E-state index in [0.717, 1.165) is 6.42 Å². The highest BCUT2D eigenvalue weighted by Gasteiger charge is 2.16. The highest BCUT2D eigenvalue weighted by molar-refractivity contribution is 9.10. The van der Waals surface area contributed by atoms with Crippen LogP contribution in [0.2, 0.25) is 0 Å². The first kappa shape index (κ1) is 4.77. The fourth-order valence-corrected chi connectivity index (χ4v) is 1.47. The van der Waals surface area contributed by atoms with Crippen molar-refractivity contribution in [3.05, 3.63) is 34.2 Å². The molecule has 2 heteroatoms. The number of hydrogen-bond acceptors (Lipinski definition) is 1. The zero-order chi connectivity index (χ0) is 11.9. The zero-order valence-corrected chi connectivity index (χ0v) is 8.07. The van der Waals surface area contributed by atoms with E-state index in [9.17, 15) is 0 Å². The number of rotatable bonds is 1. The molecule has 1 heterocycles. The maximum atomic E-state index is 7.86. The summed E-state index contributed by atoms with van der Waals surface area (Å²) >= 11 is 3.08. The largest absolute Gasteiger partial charge is 0.381 e. The minimum Gasteiger partial charge on any atom is -0.381 e. The van der Waals surface area contributed by atoms with E-state index >= 15 is 0 Å². The fraction of sp³-hybridized carbons (Fsp3) is 0.400. The molecular weight excluding hydrogens is 216 g/mol. The Bertz CT molecular complexity index is 400. The molecule has 0 amide bonds. The van der Waals surface area contributed by atoms with Crippen molar-refractivity contribution >= 4 is 15.9 Å². The normalized spacial score (nSPS) is 27.6. The summed E-state index contributed by atoms with van der Waals surface area (Å²) in [6, 6.07) is 0.0672. The predicted octanol–water partition coefficient (Wildman–Crippen LogP) is 2.95. The lowest BCUT2D eigenvalue weighted by atomic mass is 9.99. The van der Waals surface area contributed by atoms with Crippen LogP contribution in [0.4, 0.5) is 0 Å². The van der Waals surface area contributed by atoms with E-state index in [1.165, 1.54) is 0 Å². The molecule has 0 aromatic heterocycles. The van der Waals surface area contributed by atoms with Gasteiger partial charge in [0.25, 0.3) is 0 Å². The molecule has 0 spiro atoms. The Morgan fingerprint density at radius 2 is 2.17 bits per heavy atom. The van der Waals surface area contributed by atoms with Crippen LogP contribution >= 0.6 is 15.9 Å². The lowest BCUT2D eigenvalue weighted by Gasteiger charge is -2.06. The van der Waals surface area contributed by atoms with Crippen LogP contribution < -0.4 is 0 Å². The van der Waals surface area contributed by atoms with Crippen molar-refractivity contribution in [2.24, 2.45) is 0 Å². The molecule has 12 heavy (non-hydrogen) atoms. The standard InChI is InChI=1S/C10H11BrO/c11-10-3-1-8(2-4-10)9-5-6-12-7-9/h1-4,9H,5-7H2/i1D,2D,3D,4D. The first-order chi connectivity index (χ1) is 7.54. The topological polar surface area (TPSA) is 9.23 Å². The van der Waals surface area contributed by atoms with Crippen molar-refractivity contribution < 1.29 is 10.2 Å². The second-order valence-electron chi connectivity index (χ2n) is 2.79. The lowest BCUT2D eigenvalue weighted by Crippen LogP contribution is -1.96. The quantitative estimate of drug-likeness (QED) is 0.722. The van der Waals surface area contributed by atoms with E-state index in [1.807, 2.05) is 0 Å². The molecule has 0 bridgehead atoms. The van der Waals surface area contributed by atoms with Crippen LogP contribution in [0.15, 0.2) is 28.6 Å². The van der Waals surface area contributed by atoms with Crippen LogP contribution in [-0.4, -0.2) is 13.2 Å². The molecule has 1 fully saturated rings. The summed E-state index contributed by atoms with van der Waals surface area (Å²) in [6.45, 7) is 1.11. The van der Waals surface area contributed by atoms with Gasteiger partial charge in [0.15, 0.2) is 0 Å². The Morgan fingerprint density at radius 3 is 2.75 bits per heavy atom. The molecule has 1 unspecified atom stereocenters. The van der Waals surface area contributed by atoms with Crippen LogP contribution in [-0.2, 0) is 4.74 Å². The highest BCUT2D eigenvalue weighted by Crippen LogP contribution is 2.25. The molecule has 1 aromatic rings. The fourth-order valence-electron chi connectivity index (χ4n) is 1.27. The predicted molar refractivity (Wildman–Crippen MR) is 52.3 cm³/mol.